The highest BCUT2D eigenvalue weighted by Gasteiger charge is 2.46. The minimum atomic E-state index is -1.58. The van der Waals surface area contributed by atoms with E-state index >= 15 is 0 Å². The van der Waals surface area contributed by atoms with Crippen molar-refractivity contribution in [2.45, 2.75) is 12.5 Å². The molecule has 2 aromatic rings. The van der Waals surface area contributed by atoms with Gasteiger partial charge in [0, 0.05) is 11.3 Å². The van der Waals surface area contributed by atoms with Gasteiger partial charge in [-0.25, -0.2) is 0 Å². The average Bonchev–Trinajstić information content (AvgIpc) is 2.64. The fraction of sp³-hybridized carbons (Fsp3) is 0.133. The highest BCUT2D eigenvalue weighted by molar-refractivity contribution is 6.07. The number of rotatable bonds is 1. The van der Waals surface area contributed by atoms with Crippen molar-refractivity contribution in [2.75, 3.05) is 5.32 Å². The number of carbonyl (C=O) groups excluding carboxylic acids is 1. The van der Waals surface area contributed by atoms with Crippen LogP contribution in [0.25, 0.3) is 0 Å². The molecule has 18 heavy (non-hydrogen) atoms. The Morgan fingerprint density at radius 1 is 1.11 bits per heavy atom. The molecule has 1 heterocycles. The van der Waals surface area contributed by atoms with E-state index in [4.69, 9.17) is 0 Å². The molecule has 1 unspecified atom stereocenters. The molecule has 1 aliphatic rings. The van der Waals surface area contributed by atoms with E-state index in [2.05, 4.69) is 5.32 Å². The van der Waals surface area contributed by atoms with Crippen LogP contribution in [0.2, 0.25) is 0 Å². The zero-order valence-corrected chi connectivity index (χ0v) is 9.97. The van der Waals surface area contributed by atoms with E-state index < -0.39 is 11.5 Å². The summed E-state index contributed by atoms with van der Waals surface area (Å²) in [6, 6.07) is 14.6. The van der Waals surface area contributed by atoms with Crippen molar-refractivity contribution >= 4 is 11.6 Å². The maximum Gasteiger partial charge on any atom is 0.265 e. The zero-order valence-electron chi connectivity index (χ0n) is 9.97. The van der Waals surface area contributed by atoms with Gasteiger partial charge in [0.1, 0.15) is 0 Å². The van der Waals surface area contributed by atoms with Gasteiger partial charge >= 0.3 is 0 Å². The van der Waals surface area contributed by atoms with Crippen LogP contribution in [0.15, 0.2) is 48.5 Å². The second-order valence-corrected chi connectivity index (χ2v) is 4.58. The molecule has 0 fully saturated rings. The quantitative estimate of drug-likeness (QED) is 0.801. The van der Waals surface area contributed by atoms with Crippen molar-refractivity contribution in [3.8, 4) is 0 Å². The molecule has 90 valence electrons. The second-order valence-electron chi connectivity index (χ2n) is 4.58. The van der Waals surface area contributed by atoms with Gasteiger partial charge in [0.25, 0.3) is 5.91 Å². The van der Waals surface area contributed by atoms with Crippen LogP contribution in [0.5, 0.6) is 0 Å². The molecule has 3 heteroatoms. The summed E-state index contributed by atoms with van der Waals surface area (Å²) < 4.78 is 0. The summed E-state index contributed by atoms with van der Waals surface area (Å²) in [6.45, 7) is 1.94. The summed E-state index contributed by atoms with van der Waals surface area (Å²) in [6.07, 6.45) is 0. The van der Waals surface area contributed by atoms with Gasteiger partial charge in [-0.2, -0.15) is 0 Å². The molecule has 0 saturated carbocycles. The third-order valence-electron chi connectivity index (χ3n) is 3.33. The number of anilines is 1. The number of benzene rings is 2. The number of aryl methyl sites for hydroxylation is 1. The van der Waals surface area contributed by atoms with Crippen molar-refractivity contribution < 1.29 is 9.90 Å². The minimum Gasteiger partial charge on any atom is -0.372 e. The van der Waals surface area contributed by atoms with Crippen LogP contribution in [0.4, 0.5) is 5.69 Å². The first-order valence-electron chi connectivity index (χ1n) is 5.83. The number of carbonyl (C=O) groups is 1. The van der Waals surface area contributed by atoms with Crippen molar-refractivity contribution in [3.63, 3.8) is 0 Å². The molecule has 0 spiro atoms. The smallest absolute Gasteiger partial charge is 0.265 e. The average molecular weight is 239 g/mol. The third-order valence-corrected chi connectivity index (χ3v) is 3.33. The Labute approximate surface area is 105 Å². The maximum absolute atomic E-state index is 12.1. The molecule has 3 nitrogen and oxygen atoms in total. The van der Waals surface area contributed by atoms with Gasteiger partial charge in [0.15, 0.2) is 5.60 Å². The van der Waals surface area contributed by atoms with Crippen molar-refractivity contribution in [2.24, 2.45) is 0 Å². The van der Waals surface area contributed by atoms with Crippen LogP contribution >= 0.6 is 0 Å². The third kappa shape index (κ3) is 1.38. The summed E-state index contributed by atoms with van der Waals surface area (Å²) >= 11 is 0. The first-order chi connectivity index (χ1) is 8.62. The monoisotopic (exact) mass is 239 g/mol. The summed E-state index contributed by atoms with van der Waals surface area (Å²) in [4.78, 5) is 12.1. The normalized spacial score (nSPS) is 21.6. The minimum absolute atomic E-state index is 0.394. The van der Waals surface area contributed by atoms with Gasteiger partial charge in [-0.15, -0.1) is 0 Å². The number of amides is 1. The van der Waals surface area contributed by atoms with Crippen LogP contribution in [-0.2, 0) is 10.4 Å². The predicted octanol–water partition coefficient (Wildman–Crippen LogP) is 2.18. The number of fused-ring (bicyclic) bond motifs is 1. The number of hydrogen-bond donors (Lipinski definition) is 2. The Morgan fingerprint density at radius 2 is 1.83 bits per heavy atom. The van der Waals surface area contributed by atoms with Gasteiger partial charge in [-0.1, -0.05) is 48.0 Å². The lowest BCUT2D eigenvalue weighted by molar-refractivity contribution is -0.129. The first-order valence-corrected chi connectivity index (χ1v) is 5.83. The molecule has 1 atom stereocenters. The van der Waals surface area contributed by atoms with Gasteiger partial charge in [0.05, 0.1) is 0 Å². The highest BCUT2D eigenvalue weighted by Crippen LogP contribution is 2.40. The number of hydrogen-bond acceptors (Lipinski definition) is 2. The maximum atomic E-state index is 12.1. The summed E-state index contributed by atoms with van der Waals surface area (Å²) in [5.41, 5.74) is 1.32. The molecular formula is C15H13NO2. The fourth-order valence-corrected chi connectivity index (χ4v) is 2.37. The lowest BCUT2D eigenvalue weighted by atomic mass is 9.87. The summed E-state index contributed by atoms with van der Waals surface area (Å²) in [5, 5.41) is 13.5. The van der Waals surface area contributed by atoms with Crippen LogP contribution in [0.1, 0.15) is 16.7 Å². The van der Waals surface area contributed by atoms with E-state index in [1.807, 2.05) is 43.3 Å². The Balaban J connectivity index is 2.25. The molecule has 3 rings (SSSR count). The van der Waals surface area contributed by atoms with E-state index in [9.17, 15) is 9.90 Å². The van der Waals surface area contributed by atoms with Crippen LogP contribution in [0.3, 0.4) is 0 Å². The van der Waals surface area contributed by atoms with E-state index in [-0.39, 0.29) is 0 Å². The Morgan fingerprint density at radius 3 is 2.56 bits per heavy atom. The van der Waals surface area contributed by atoms with Crippen molar-refractivity contribution in [3.05, 3.63) is 65.2 Å². The lowest BCUT2D eigenvalue weighted by Crippen LogP contribution is -2.35. The van der Waals surface area contributed by atoms with E-state index in [0.29, 0.717) is 16.8 Å². The van der Waals surface area contributed by atoms with Gasteiger partial charge in [0.2, 0.25) is 0 Å². The molecule has 0 saturated heterocycles. The lowest BCUT2D eigenvalue weighted by Gasteiger charge is -2.21. The summed E-state index contributed by atoms with van der Waals surface area (Å²) in [7, 11) is 0. The SMILES string of the molecule is Cc1ccc2c(c1)C(O)(c1ccccc1)C(=O)N2. The Kier molecular flexibility index (Phi) is 2.25. The first kappa shape index (κ1) is 11.0. The molecule has 0 radical (unpaired) electrons. The zero-order chi connectivity index (χ0) is 12.8. The Bertz CT molecular complexity index is 622. The predicted molar refractivity (Wildman–Crippen MR) is 69.2 cm³/mol. The molecule has 0 bridgehead atoms. The topological polar surface area (TPSA) is 49.3 Å². The summed E-state index contributed by atoms with van der Waals surface area (Å²) in [5.74, 6) is -0.394. The van der Waals surface area contributed by atoms with Crippen LogP contribution in [-0.4, -0.2) is 11.0 Å². The van der Waals surface area contributed by atoms with E-state index in [1.165, 1.54) is 0 Å². The van der Waals surface area contributed by atoms with Crippen LogP contribution in [0, 0.1) is 6.92 Å². The van der Waals surface area contributed by atoms with Crippen molar-refractivity contribution in [1.29, 1.82) is 0 Å². The molecular weight excluding hydrogens is 226 g/mol. The number of nitrogens with one attached hydrogen (secondary N) is 1. The van der Waals surface area contributed by atoms with Gasteiger partial charge in [-0.05, 0) is 18.6 Å². The van der Waals surface area contributed by atoms with E-state index in [0.717, 1.165) is 5.56 Å². The second kappa shape index (κ2) is 3.68. The van der Waals surface area contributed by atoms with Crippen molar-refractivity contribution in [1.82, 2.24) is 0 Å². The molecule has 1 amide bonds. The fourth-order valence-electron chi connectivity index (χ4n) is 2.37. The number of aliphatic hydroxyl groups is 1. The molecule has 1 aliphatic heterocycles. The largest absolute Gasteiger partial charge is 0.372 e. The molecule has 2 aromatic carbocycles. The molecule has 0 aliphatic carbocycles. The standard InChI is InChI=1S/C15H13NO2/c1-10-7-8-13-12(9-10)15(18,14(17)16-13)11-5-3-2-4-6-11/h2-9,18H,1H3,(H,16,17). The molecule has 2 N–H and O–H groups in total. The van der Waals surface area contributed by atoms with Gasteiger partial charge in [-0.3, -0.25) is 4.79 Å². The van der Waals surface area contributed by atoms with Gasteiger partial charge < -0.3 is 10.4 Å². The van der Waals surface area contributed by atoms with E-state index in [1.54, 1.807) is 12.1 Å². The Hall–Kier alpha value is -2.13. The molecule has 0 aromatic heterocycles. The highest BCUT2D eigenvalue weighted by atomic mass is 16.3. The van der Waals surface area contributed by atoms with Crippen LogP contribution < -0.4 is 5.32 Å².